The van der Waals surface area contributed by atoms with Crippen LogP contribution in [0.3, 0.4) is 0 Å². The van der Waals surface area contributed by atoms with E-state index in [0.717, 1.165) is 5.56 Å². The summed E-state index contributed by atoms with van der Waals surface area (Å²) in [5.74, 6) is -0.276. The van der Waals surface area contributed by atoms with Gasteiger partial charge >= 0.3 is 0 Å². The molecule has 5 nitrogen and oxygen atoms in total. The molecule has 31 heavy (non-hydrogen) atoms. The van der Waals surface area contributed by atoms with Gasteiger partial charge in [0, 0.05) is 49.0 Å². The van der Waals surface area contributed by atoms with E-state index < -0.39 is 0 Å². The van der Waals surface area contributed by atoms with Crippen molar-refractivity contribution >= 4 is 23.2 Å². The normalized spacial score (nSPS) is 16.8. The number of benzene rings is 1. The number of hydrogen-bond acceptors (Lipinski definition) is 4. The van der Waals surface area contributed by atoms with E-state index in [-0.39, 0.29) is 17.7 Å². The van der Waals surface area contributed by atoms with Crippen LogP contribution in [0, 0.1) is 5.92 Å². The van der Waals surface area contributed by atoms with Crippen LogP contribution in [0.2, 0.25) is 0 Å². The van der Waals surface area contributed by atoms with Crippen LogP contribution in [0.4, 0.5) is 0 Å². The molecule has 0 spiro atoms. The molecule has 6 heteroatoms. The van der Waals surface area contributed by atoms with Crippen molar-refractivity contribution in [1.29, 1.82) is 0 Å². The quantitative estimate of drug-likeness (QED) is 0.551. The Kier molecular flexibility index (Phi) is 6.57. The van der Waals surface area contributed by atoms with E-state index in [0.29, 0.717) is 38.2 Å². The molecule has 158 valence electrons. The number of amides is 2. The maximum Gasteiger partial charge on any atom is 0.254 e. The zero-order chi connectivity index (χ0) is 21.6. The second-order valence-electron chi connectivity index (χ2n) is 7.64. The molecular weight excluding hydrogens is 406 g/mol. The van der Waals surface area contributed by atoms with Crippen LogP contribution in [0.15, 0.2) is 79.0 Å². The largest absolute Gasteiger partial charge is 0.337 e. The van der Waals surface area contributed by atoms with Gasteiger partial charge in [-0.1, -0.05) is 36.4 Å². The average molecular weight is 432 g/mol. The van der Waals surface area contributed by atoms with Crippen molar-refractivity contribution in [3.8, 4) is 10.4 Å². The highest BCUT2D eigenvalue weighted by Gasteiger charge is 2.32. The number of thiophene rings is 1. The van der Waals surface area contributed by atoms with Gasteiger partial charge < -0.3 is 9.80 Å². The first kappa shape index (κ1) is 21.0. The first-order chi connectivity index (χ1) is 15.2. The van der Waals surface area contributed by atoms with E-state index in [2.05, 4.69) is 47.3 Å². The van der Waals surface area contributed by atoms with Crippen LogP contribution in [0.1, 0.15) is 15.9 Å². The van der Waals surface area contributed by atoms with Crippen LogP contribution >= 0.6 is 11.3 Å². The van der Waals surface area contributed by atoms with E-state index in [4.69, 9.17) is 0 Å². The van der Waals surface area contributed by atoms with Gasteiger partial charge in [0.2, 0.25) is 5.91 Å². The second-order valence-corrected chi connectivity index (χ2v) is 8.58. The number of hydrogen-bond donors (Lipinski definition) is 0. The SMILES string of the molecule is C=CCN1CCN(C(=O)c2ccncc2)C[C@@H](Cc2ccc(-c3cccs3)cc2)C1=O. The van der Waals surface area contributed by atoms with Crippen LogP contribution < -0.4 is 0 Å². The van der Waals surface area contributed by atoms with Crippen molar-refractivity contribution in [2.75, 3.05) is 26.2 Å². The smallest absolute Gasteiger partial charge is 0.254 e. The van der Waals surface area contributed by atoms with Gasteiger partial charge in [-0.25, -0.2) is 0 Å². The topological polar surface area (TPSA) is 53.5 Å². The average Bonchev–Trinajstić information content (AvgIpc) is 3.30. The Hall–Kier alpha value is -3.25. The molecule has 3 aromatic rings. The lowest BCUT2D eigenvalue weighted by molar-refractivity contribution is -0.134. The van der Waals surface area contributed by atoms with Gasteiger partial charge in [-0.05, 0) is 41.1 Å². The summed E-state index contributed by atoms with van der Waals surface area (Å²) in [5.41, 5.74) is 2.86. The molecule has 1 aliphatic rings. The summed E-state index contributed by atoms with van der Waals surface area (Å²) in [5, 5.41) is 2.07. The summed E-state index contributed by atoms with van der Waals surface area (Å²) in [6.07, 6.45) is 5.57. The lowest BCUT2D eigenvalue weighted by Gasteiger charge is -2.23. The Morgan fingerprint density at radius 1 is 1.13 bits per heavy atom. The Morgan fingerprint density at radius 2 is 1.90 bits per heavy atom. The standard InChI is InChI=1S/C25H25N3O2S/c1-2-13-27-14-15-28(24(29)21-9-11-26-12-10-21)18-22(25(27)30)17-19-5-7-20(8-6-19)23-4-3-16-31-23/h2-12,16,22H,1,13-15,17-18H2/t22-/m1/s1. The zero-order valence-corrected chi connectivity index (χ0v) is 18.1. The van der Waals surface area contributed by atoms with Crippen LogP contribution in [-0.4, -0.2) is 52.8 Å². The minimum absolute atomic E-state index is 0.0614. The third-order valence-corrected chi connectivity index (χ3v) is 6.47. The molecule has 1 aliphatic heterocycles. The highest BCUT2D eigenvalue weighted by Crippen LogP contribution is 2.26. The molecule has 1 aromatic carbocycles. The summed E-state index contributed by atoms with van der Waals surface area (Å²) >= 11 is 1.71. The predicted octanol–water partition coefficient (Wildman–Crippen LogP) is 4.14. The lowest BCUT2D eigenvalue weighted by atomic mass is 9.96. The molecule has 1 saturated heterocycles. The first-order valence-electron chi connectivity index (χ1n) is 10.4. The maximum atomic E-state index is 13.2. The van der Waals surface area contributed by atoms with E-state index in [1.165, 1.54) is 10.4 Å². The molecule has 0 saturated carbocycles. The van der Waals surface area contributed by atoms with E-state index >= 15 is 0 Å². The minimum atomic E-state index is -0.291. The van der Waals surface area contributed by atoms with Gasteiger partial charge in [-0.3, -0.25) is 14.6 Å². The van der Waals surface area contributed by atoms with E-state index in [1.54, 1.807) is 51.7 Å². The number of pyridine rings is 1. The van der Waals surface area contributed by atoms with Gasteiger partial charge in [0.15, 0.2) is 0 Å². The van der Waals surface area contributed by atoms with Crippen LogP contribution in [0.5, 0.6) is 0 Å². The van der Waals surface area contributed by atoms with Gasteiger partial charge in [-0.15, -0.1) is 17.9 Å². The Morgan fingerprint density at radius 3 is 2.58 bits per heavy atom. The summed E-state index contributed by atoms with van der Waals surface area (Å²) in [7, 11) is 0. The molecule has 0 radical (unpaired) electrons. The summed E-state index contributed by atoms with van der Waals surface area (Å²) < 4.78 is 0. The molecule has 1 fully saturated rings. The summed E-state index contributed by atoms with van der Waals surface area (Å²) in [6.45, 7) is 5.70. The maximum absolute atomic E-state index is 13.2. The fourth-order valence-electron chi connectivity index (χ4n) is 3.93. The molecule has 2 amide bonds. The minimum Gasteiger partial charge on any atom is -0.337 e. The fraction of sp³-hybridized carbons (Fsp3) is 0.240. The van der Waals surface area contributed by atoms with Crippen molar-refractivity contribution in [3.05, 3.63) is 90.1 Å². The third-order valence-electron chi connectivity index (χ3n) is 5.55. The number of aromatic nitrogens is 1. The molecule has 4 rings (SSSR count). The Bertz CT molecular complexity index is 1030. The Balaban J connectivity index is 1.54. The van der Waals surface area contributed by atoms with Crippen LogP contribution in [-0.2, 0) is 11.2 Å². The third kappa shape index (κ3) is 4.91. The van der Waals surface area contributed by atoms with Gasteiger partial charge in [0.25, 0.3) is 5.91 Å². The van der Waals surface area contributed by atoms with Crippen molar-refractivity contribution in [2.24, 2.45) is 5.92 Å². The summed E-state index contributed by atoms with van der Waals surface area (Å²) in [6, 6.07) is 15.9. The first-order valence-corrected chi connectivity index (χ1v) is 11.3. The lowest BCUT2D eigenvalue weighted by Crippen LogP contribution is -2.38. The van der Waals surface area contributed by atoms with Crippen LogP contribution in [0.25, 0.3) is 10.4 Å². The van der Waals surface area contributed by atoms with Gasteiger partial charge in [-0.2, -0.15) is 0 Å². The van der Waals surface area contributed by atoms with Gasteiger partial charge in [0.05, 0.1) is 5.92 Å². The van der Waals surface area contributed by atoms with Crippen molar-refractivity contribution in [1.82, 2.24) is 14.8 Å². The van der Waals surface area contributed by atoms with Crippen molar-refractivity contribution in [2.45, 2.75) is 6.42 Å². The molecule has 1 atom stereocenters. The molecule has 0 unspecified atom stereocenters. The number of carbonyl (C=O) groups excluding carboxylic acids is 2. The summed E-state index contributed by atoms with van der Waals surface area (Å²) in [4.78, 5) is 35.1. The molecule has 0 aliphatic carbocycles. The van der Waals surface area contributed by atoms with E-state index in [1.807, 2.05) is 6.07 Å². The molecule has 0 N–H and O–H groups in total. The van der Waals surface area contributed by atoms with Crippen molar-refractivity contribution in [3.63, 3.8) is 0 Å². The fourth-order valence-corrected chi connectivity index (χ4v) is 4.66. The van der Waals surface area contributed by atoms with E-state index in [9.17, 15) is 9.59 Å². The molecule has 2 aromatic heterocycles. The second kappa shape index (κ2) is 9.71. The molecule has 3 heterocycles. The molecule has 0 bridgehead atoms. The predicted molar refractivity (Wildman–Crippen MR) is 124 cm³/mol. The zero-order valence-electron chi connectivity index (χ0n) is 17.3. The van der Waals surface area contributed by atoms with Crippen molar-refractivity contribution < 1.29 is 9.59 Å². The Labute approximate surface area is 186 Å². The molecular formula is C25H25N3O2S. The van der Waals surface area contributed by atoms with Gasteiger partial charge in [0.1, 0.15) is 0 Å². The monoisotopic (exact) mass is 431 g/mol. The number of rotatable bonds is 6. The highest BCUT2D eigenvalue weighted by atomic mass is 32.1. The number of nitrogens with zero attached hydrogens (tertiary/aromatic N) is 3. The highest BCUT2D eigenvalue weighted by molar-refractivity contribution is 7.13. The number of carbonyl (C=O) groups is 2.